The first-order valence-electron chi connectivity index (χ1n) is 4.53. The van der Waals surface area contributed by atoms with Gasteiger partial charge in [-0.05, 0) is 19.8 Å². The lowest BCUT2D eigenvalue weighted by molar-refractivity contribution is -0.0398. The molecule has 13 heavy (non-hydrogen) atoms. The fourth-order valence-corrected chi connectivity index (χ4v) is 1.17. The van der Waals surface area contributed by atoms with Gasteiger partial charge in [-0.25, -0.2) is 0 Å². The van der Waals surface area contributed by atoms with E-state index in [-0.39, 0.29) is 6.10 Å². The van der Waals surface area contributed by atoms with Crippen molar-refractivity contribution in [1.29, 1.82) is 5.26 Å². The summed E-state index contributed by atoms with van der Waals surface area (Å²) in [5.74, 6) is 0. The average Bonchev–Trinajstić information content (AvgIpc) is 2.17. The molecule has 0 saturated carbocycles. The summed E-state index contributed by atoms with van der Waals surface area (Å²) in [6.07, 6.45) is 2.02. The summed E-state index contributed by atoms with van der Waals surface area (Å²) >= 11 is 0. The van der Waals surface area contributed by atoms with Crippen molar-refractivity contribution < 1.29 is 9.47 Å². The fourth-order valence-electron chi connectivity index (χ4n) is 1.17. The zero-order valence-electron chi connectivity index (χ0n) is 7.95. The molecular weight excluding hydrogens is 168 g/mol. The second-order valence-corrected chi connectivity index (χ2v) is 3.65. The van der Waals surface area contributed by atoms with Gasteiger partial charge in [0.05, 0.1) is 18.8 Å². The van der Waals surface area contributed by atoms with Crippen molar-refractivity contribution >= 4 is 0 Å². The van der Waals surface area contributed by atoms with Gasteiger partial charge in [0.15, 0.2) is 0 Å². The van der Waals surface area contributed by atoms with Crippen LogP contribution in [-0.4, -0.2) is 31.5 Å². The number of ether oxygens (including phenoxy) is 2. The maximum Gasteiger partial charge on any atom is 0.125 e. The number of nitrogens with two attached hydrogens (primary N) is 1. The Bertz CT molecular complexity index is 192. The quantitative estimate of drug-likeness (QED) is 0.690. The van der Waals surface area contributed by atoms with Crippen LogP contribution in [0.3, 0.4) is 0 Å². The number of rotatable bonds is 3. The van der Waals surface area contributed by atoms with Gasteiger partial charge >= 0.3 is 0 Å². The summed E-state index contributed by atoms with van der Waals surface area (Å²) in [7, 11) is 0. The van der Waals surface area contributed by atoms with Crippen molar-refractivity contribution in [3.63, 3.8) is 0 Å². The number of hydrogen-bond acceptors (Lipinski definition) is 4. The molecule has 0 radical (unpaired) electrons. The highest BCUT2D eigenvalue weighted by molar-refractivity contribution is 5.01. The van der Waals surface area contributed by atoms with E-state index in [4.69, 9.17) is 20.5 Å². The first-order valence-corrected chi connectivity index (χ1v) is 4.53. The van der Waals surface area contributed by atoms with E-state index in [9.17, 15) is 0 Å². The topological polar surface area (TPSA) is 68.3 Å². The molecule has 0 spiro atoms. The fraction of sp³-hybridized carbons (Fsp3) is 0.889. The molecule has 74 valence electrons. The van der Waals surface area contributed by atoms with Crippen molar-refractivity contribution in [3.8, 4) is 6.07 Å². The molecule has 1 heterocycles. The van der Waals surface area contributed by atoms with Crippen LogP contribution in [-0.2, 0) is 9.47 Å². The van der Waals surface area contributed by atoms with Gasteiger partial charge in [-0.15, -0.1) is 0 Å². The summed E-state index contributed by atoms with van der Waals surface area (Å²) in [6.45, 7) is 3.47. The van der Waals surface area contributed by atoms with Crippen LogP contribution >= 0.6 is 0 Å². The van der Waals surface area contributed by atoms with Crippen LogP contribution in [0.25, 0.3) is 0 Å². The highest BCUT2D eigenvalue weighted by Gasteiger charge is 2.21. The first-order chi connectivity index (χ1) is 6.14. The largest absolute Gasteiger partial charge is 0.381 e. The van der Waals surface area contributed by atoms with Crippen LogP contribution in [0.2, 0.25) is 0 Å². The van der Waals surface area contributed by atoms with Crippen LogP contribution in [0.15, 0.2) is 0 Å². The van der Waals surface area contributed by atoms with Gasteiger partial charge in [-0.3, -0.25) is 0 Å². The van der Waals surface area contributed by atoms with Crippen LogP contribution in [0.4, 0.5) is 0 Å². The predicted molar refractivity (Wildman–Crippen MR) is 48.0 cm³/mol. The molecule has 1 aliphatic heterocycles. The van der Waals surface area contributed by atoms with Crippen molar-refractivity contribution in [2.24, 2.45) is 5.73 Å². The van der Waals surface area contributed by atoms with Crippen LogP contribution in [0.5, 0.6) is 0 Å². The highest BCUT2D eigenvalue weighted by Crippen LogP contribution is 2.12. The summed E-state index contributed by atoms with van der Waals surface area (Å²) in [4.78, 5) is 0. The van der Waals surface area contributed by atoms with Gasteiger partial charge in [-0.1, -0.05) is 0 Å². The third kappa shape index (κ3) is 3.73. The minimum atomic E-state index is -0.863. The molecule has 0 aliphatic carbocycles. The SMILES string of the molecule is CC(N)(C#N)COC1CCOCC1. The summed E-state index contributed by atoms with van der Waals surface area (Å²) in [5.41, 5.74) is 4.75. The number of nitriles is 1. The van der Waals surface area contributed by atoms with Gasteiger partial charge in [0, 0.05) is 13.2 Å². The van der Waals surface area contributed by atoms with Gasteiger partial charge in [0.25, 0.3) is 0 Å². The molecule has 0 amide bonds. The van der Waals surface area contributed by atoms with E-state index in [1.54, 1.807) is 6.92 Å². The Balaban J connectivity index is 2.22. The van der Waals surface area contributed by atoms with E-state index in [2.05, 4.69) is 0 Å². The zero-order chi connectivity index (χ0) is 9.73. The van der Waals surface area contributed by atoms with Crippen molar-refractivity contribution in [1.82, 2.24) is 0 Å². The highest BCUT2D eigenvalue weighted by atomic mass is 16.5. The summed E-state index contributed by atoms with van der Waals surface area (Å²) in [5, 5.41) is 8.64. The minimum absolute atomic E-state index is 0.213. The lowest BCUT2D eigenvalue weighted by Crippen LogP contribution is -2.41. The van der Waals surface area contributed by atoms with Crippen molar-refractivity contribution in [2.45, 2.75) is 31.4 Å². The van der Waals surface area contributed by atoms with Gasteiger partial charge in [0.2, 0.25) is 0 Å². The first kappa shape index (κ1) is 10.5. The Morgan fingerprint density at radius 3 is 2.77 bits per heavy atom. The Labute approximate surface area is 78.6 Å². The molecule has 0 aromatic rings. The number of hydrogen-bond donors (Lipinski definition) is 1. The van der Waals surface area contributed by atoms with Crippen LogP contribution in [0.1, 0.15) is 19.8 Å². The van der Waals surface area contributed by atoms with E-state index < -0.39 is 5.54 Å². The second kappa shape index (κ2) is 4.56. The lowest BCUT2D eigenvalue weighted by Gasteiger charge is -2.25. The van der Waals surface area contributed by atoms with Crippen molar-refractivity contribution in [2.75, 3.05) is 19.8 Å². The molecule has 4 heteroatoms. The third-order valence-electron chi connectivity index (χ3n) is 2.04. The monoisotopic (exact) mass is 184 g/mol. The van der Waals surface area contributed by atoms with E-state index in [0.29, 0.717) is 6.61 Å². The Morgan fingerprint density at radius 2 is 2.23 bits per heavy atom. The molecule has 1 fully saturated rings. The third-order valence-corrected chi connectivity index (χ3v) is 2.04. The van der Waals surface area contributed by atoms with E-state index in [0.717, 1.165) is 26.1 Å². The summed E-state index contributed by atoms with van der Waals surface area (Å²) in [6, 6.07) is 2.00. The minimum Gasteiger partial charge on any atom is -0.381 e. The zero-order valence-corrected chi connectivity index (χ0v) is 7.95. The van der Waals surface area contributed by atoms with Crippen molar-refractivity contribution in [3.05, 3.63) is 0 Å². The maximum atomic E-state index is 8.64. The standard InChI is InChI=1S/C9H16N2O2/c1-9(11,6-10)7-13-8-2-4-12-5-3-8/h8H,2-5,7,11H2,1H3. The molecule has 1 unspecified atom stereocenters. The molecule has 0 bridgehead atoms. The van der Waals surface area contributed by atoms with Gasteiger partial charge in [0.1, 0.15) is 5.54 Å². The lowest BCUT2D eigenvalue weighted by atomic mass is 10.1. The average molecular weight is 184 g/mol. The molecule has 0 aromatic carbocycles. The molecule has 4 nitrogen and oxygen atoms in total. The van der Waals surface area contributed by atoms with E-state index >= 15 is 0 Å². The van der Waals surface area contributed by atoms with Crippen LogP contribution < -0.4 is 5.73 Å². The smallest absolute Gasteiger partial charge is 0.125 e. The Hall–Kier alpha value is -0.630. The van der Waals surface area contributed by atoms with E-state index in [1.165, 1.54) is 0 Å². The molecular formula is C9H16N2O2. The van der Waals surface area contributed by atoms with E-state index in [1.807, 2.05) is 6.07 Å². The van der Waals surface area contributed by atoms with Crippen LogP contribution in [0, 0.1) is 11.3 Å². The van der Waals surface area contributed by atoms with Gasteiger partial charge < -0.3 is 15.2 Å². The maximum absolute atomic E-state index is 8.64. The Kier molecular flexibility index (Phi) is 3.67. The molecule has 1 atom stereocenters. The molecule has 1 rings (SSSR count). The second-order valence-electron chi connectivity index (χ2n) is 3.65. The normalized spacial score (nSPS) is 23.5. The molecule has 2 N–H and O–H groups in total. The molecule has 1 saturated heterocycles. The molecule has 1 aliphatic rings. The molecule has 0 aromatic heterocycles. The summed E-state index contributed by atoms with van der Waals surface area (Å²) < 4.78 is 10.7. The predicted octanol–water partition coefficient (Wildman–Crippen LogP) is 0.423. The van der Waals surface area contributed by atoms with Gasteiger partial charge in [-0.2, -0.15) is 5.26 Å². The number of nitrogens with zero attached hydrogens (tertiary/aromatic N) is 1. The Morgan fingerprint density at radius 1 is 1.62 bits per heavy atom.